The molecule has 1 aliphatic heterocycles. The lowest BCUT2D eigenvalue weighted by Crippen LogP contribution is -2.25. The number of thiazole rings is 1. The van der Waals surface area contributed by atoms with Crippen molar-refractivity contribution in [3.05, 3.63) is 70.2 Å². The highest BCUT2D eigenvalue weighted by Gasteiger charge is 2.30. The average molecular weight is 417 g/mol. The van der Waals surface area contributed by atoms with E-state index in [1.807, 2.05) is 7.05 Å². The van der Waals surface area contributed by atoms with Crippen molar-refractivity contribution in [2.24, 2.45) is 0 Å². The first-order valence-corrected chi connectivity index (χ1v) is 9.88. The first-order valence-electron chi connectivity index (χ1n) is 9.06. The average Bonchev–Trinajstić information content (AvgIpc) is 3.08. The van der Waals surface area contributed by atoms with Gasteiger partial charge in [-0.1, -0.05) is 30.3 Å². The number of nitrogens with zero attached hydrogens (tertiary/aromatic N) is 2. The maximum absolute atomic E-state index is 12.9. The number of fused-ring (bicyclic) bond motifs is 1. The molecule has 150 valence electrons. The molecule has 4 rings (SSSR count). The third-order valence-corrected chi connectivity index (χ3v) is 5.84. The normalized spacial score (nSPS) is 14.5. The number of anilines is 1. The maximum Gasteiger partial charge on any atom is 0.416 e. The number of carbonyl (C=O) groups excluding carboxylic acids is 1. The van der Waals surface area contributed by atoms with E-state index >= 15 is 0 Å². The van der Waals surface area contributed by atoms with Crippen LogP contribution >= 0.6 is 11.3 Å². The molecule has 0 saturated carbocycles. The van der Waals surface area contributed by atoms with Crippen molar-refractivity contribution in [1.82, 2.24) is 9.88 Å². The van der Waals surface area contributed by atoms with Gasteiger partial charge in [-0.3, -0.25) is 10.1 Å². The monoisotopic (exact) mass is 417 g/mol. The molecular formula is C21H18F3N3OS. The SMILES string of the molecule is CN1CCc2nc(NC(=O)c3ccccc3-c3ccc(C(F)(F)F)cc3)sc2C1. The van der Waals surface area contributed by atoms with Gasteiger partial charge >= 0.3 is 6.18 Å². The van der Waals surface area contributed by atoms with Gasteiger partial charge in [-0.15, -0.1) is 11.3 Å². The van der Waals surface area contributed by atoms with Crippen LogP contribution in [0.3, 0.4) is 0 Å². The molecule has 0 saturated heterocycles. The fraction of sp³-hybridized carbons (Fsp3) is 0.238. The second kappa shape index (κ2) is 7.61. The van der Waals surface area contributed by atoms with Crippen molar-refractivity contribution < 1.29 is 18.0 Å². The van der Waals surface area contributed by atoms with E-state index in [0.29, 0.717) is 21.8 Å². The number of benzene rings is 2. The number of halogens is 3. The van der Waals surface area contributed by atoms with Crippen molar-refractivity contribution in [1.29, 1.82) is 0 Å². The molecule has 0 atom stereocenters. The lowest BCUT2D eigenvalue weighted by molar-refractivity contribution is -0.137. The van der Waals surface area contributed by atoms with E-state index in [1.165, 1.54) is 23.5 Å². The van der Waals surface area contributed by atoms with Crippen molar-refractivity contribution in [3.8, 4) is 11.1 Å². The van der Waals surface area contributed by atoms with Crippen LogP contribution in [-0.2, 0) is 19.1 Å². The van der Waals surface area contributed by atoms with E-state index in [-0.39, 0.29) is 5.91 Å². The van der Waals surface area contributed by atoms with Gasteiger partial charge in [0.25, 0.3) is 5.91 Å². The lowest BCUT2D eigenvalue weighted by Gasteiger charge is -2.20. The Balaban J connectivity index is 1.59. The Bertz CT molecular complexity index is 1040. The fourth-order valence-electron chi connectivity index (χ4n) is 3.31. The minimum atomic E-state index is -4.40. The van der Waals surface area contributed by atoms with Gasteiger partial charge in [0.15, 0.2) is 5.13 Å². The summed E-state index contributed by atoms with van der Waals surface area (Å²) in [6, 6.07) is 11.7. The highest BCUT2D eigenvalue weighted by molar-refractivity contribution is 7.15. The molecule has 4 nitrogen and oxygen atoms in total. The first kappa shape index (κ1) is 19.6. The van der Waals surface area contributed by atoms with Gasteiger partial charge in [-0.2, -0.15) is 13.2 Å². The van der Waals surface area contributed by atoms with Crippen LogP contribution < -0.4 is 5.32 Å². The number of alkyl halides is 3. The van der Waals surface area contributed by atoms with Gasteiger partial charge in [-0.05, 0) is 36.4 Å². The van der Waals surface area contributed by atoms with Crippen molar-refractivity contribution in [2.75, 3.05) is 18.9 Å². The van der Waals surface area contributed by atoms with E-state index in [9.17, 15) is 18.0 Å². The van der Waals surface area contributed by atoms with Gasteiger partial charge in [0, 0.05) is 30.0 Å². The second-order valence-corrected chi connectivity index (χ2v) is 8.04. The molecule has 0 aliphatic carbocycles. The van der Waals surface area contributed by atoms with Gasteiger partial charge in [0.05, 0.1) is 11.3 Å². The zero-order valence-corrected chi connectivity index (χ0v) is 16.4. The highest BCUT2D eigenvalue weighted by atomic mass is 32.1. The Morgan fingerprint density at radius 2 is 1.86 bits per heavy atom. The minimum absolute atomic E-state index is 0.333. The molecule has 2 heterocycles. The summed E-state index contributed by atoms with van der Waals surface area (Å²) in [6.45, 7) is 1.74. The summed E-state index contributed by atoms with van der Waals surface area (Å²) in [6.07, 6.45) is -3.55. The van der Waals surface area contributed by atoms with Crippen LogP contribution in [0.25, 0.3) is 11.1 Å². The third-order valence-electron chi connectivity index (χ3n) is 4.84. The molecule has 0 spiro atoms. The zero-order valence-electron chi connectivity index (χ0n) is 15.6. The Hall–Kier alpha value is -2.71. The summed E-state index contributed by atoms with van der Waals surface area (Å²) < 4.78 is 38.5. The Morgan fingerprint density at radius 3 is 2.59 bits per heavy atom. The van der Waals surface area contributed by atoms with E-state index in [4.69, 9.17) is 0 Å². The van der Waals surface area contributed by atoms with Crippen LogP contribution in [-0.4, -0.2) is 29.4 Å². The van der Waals surface area contributed by atoms with Crippen molar-refractivity contribution in [3.63, 3.8) is 0 Å². The molecule has 0 unspecified atom stereocenters. The molecule has 3 aromatic rings. The topological polar surface area (TPSA) is 45.2 Å². The summed E-state index contributed by atoms with van der Waals surface area (Å²) in [7, 11) is 2.04. The van der Waals surface area contributed by atoms with Gasteiger partial charge in [-0.25, -0.2) is 4.98 Å². The predicted octanol–water partition coefficient (Wildman–Crippen LogP) is 5.07. The molecular weight excluding hydrogens is 399 g/mol. The molecule has 8 heteroatoms. The first-order chi connectivity index (χ1) is 13.8. The number of nitrogens with one attached hydrogen (secondary N) is 1. The Kier molecular flexibility index (Phi) is 5.14. The largest absolute Gasteiger partial charge is 0.416 e. The highest BCUT2D eigenvalue weighted by Crippen LogP contribution is 2.32. The molecule has 1 N–H and O–H groups in total. The Labute approximate surface area is 170 Å². The van der Waals surface area contributed by atoms with Gasteiger partial charge < -0.3 is 4.90 Å². The number of rotatable bonds is 3. The molecule has 1 aliphatic rings. The lowest BCUT2D eigenvalue weighted by atomic mass is 9.98. The number of carbonyl (C=O) groups is 1. The third kappa shape index (κ3) is 4.18. The standard InChI is InChI=1S/C21H18F3N3OS/c1-27-11-10-17-18(12-27)29-20(25-17)26-19(28)16-5-3-2-4-15(16)13-6-8-14(9-7-13)21(22,23)24/h2-9H,10-12H2,1H3,(H,25,26,28). The number of likely N-dealkylation sites (N-methyl/N-ethyl adjacent to an activating group) is 1. The van der Waals surface area contributed by atoms with Crippen molar-refractivity contribution >= 4 is 22.4 Å². The predicted molar refractivity (Wildman–Crippen MR) is 107 cm³/mol. The number of hydrogen-bond acceptors (Lipinski definition) is 4. The molecule has 0 fully saturated rings. The van der Waals surface area contributed by atoms with Crippen LogP contribution in [0.15, 0.2) is 48.5 Å². The number of hydrogen-bond donors (Lipinski definition) is 1. The van der Waals surface area contributed by atoms with Crippen LogP contribution in [0.4, 0.5) is 18.3 Å². The number of amides is 1. The number of aromatic nitrogens is 1. The fourth-order valence-corrected chi connectivity index (χ4v) is 4.40. The minimum Gasteiger partial charge on any atom is -0.301 e. The van der Waals surface area contributed by atoms with Gasteiger partial charge in [0.2, 0.25) is 0 Å². The molecule has 2 aromatic carbocycles. The van der Waals surface area contributed by atoms with E-state index < -0.39 is 11.7 Å². The maximum atomic E-state index is 12.9. The summed E-state index contributed by atoms with van der Waals surface area (Å²) in [5, 5.41) is 3.39. The zero-order chi connectivity index (χ0) is 20.6. The van der Waals surface area contributed by atoms with Crippen LogP contribution in [0.1, 0.15) is 26.5 Å². The summed E-state index contributed by atoms with van der Waals surface area (Å²) in [5.74, 6) is -0.333. The molecule has 29 heavy (non-hydrogen) atoms. The summed E-state index contributed by atoms with van der Waals surface area (Å²) in [4.78, 5) is 20.7. The van der Waals surface area contributed by atoms with Crippen LogP contribution in [0, 0.1) is 0 Å². The molecule has 1 amide bonds. The second-order valence-electron chi connectivity index (χ2n) is 6.95. The smallest absolute Gasteiger partial charge is 0.301 e. The molecule has 1 aromatic heterocycles. The Morgan fingerprint density at radius 1 is 1.14 bits per heavy atom. The van der Waals surface area contributed by atoms with E-state index in [1.54, 1.807) is 24.3 Å². The van der Waals surface area contributed by atoms with E-state index in [0.717, 1.165) is 42.2 Å². The summed E-state index contributed by atoms with van der Waals surface area (Å²) in [5.41, 5.74) is 1.79. The van der Waals surface area contributed by atoms with Crippen LogP contribution in [0.2, 0.25) is 0 Å². The van der Waals surface area contributed by atoms with Crippen LogP contribution in [0.5, 0.6) is 0 Å². The van der Waals surface area contributed by atoms with Gasteiger partial charge in [0.1, 0.15) is 0 Å². The molecule has 0 radical (unpaired) electrons. The van der Waals surface area contributed by atoms with E-state index in [2.05, 4.69) is 15.2 Å². The summed E-state index contributed by atoms with van der Waals surface area (Å²) >= 11 is 1.46. The molecule has 0 bridgehead atoms. The quantitative estimate of drug-likeness (QED) is 0.647. The van der Waals surface area contributed by atoms with Crippen molar-refractivity contribution in [2.45, 2.75) is 19.1 Å².